The van der Waals surface area contributed by atoms with Crippen molar-refractivity contribution in [2.75, 3.05) is 6.54 Å². The predicted octanol–water partition coefficient (Wildman–Crippen LogP) is 3.18. The van der Waals surface area contributed by atoms with Crippen LogP contribution in [0.3, 0.4) is 0 Å². The first-order valence-corrected chi connectivity index (χ1v) is 11.8. The Balaban J connectivity index is 2.06. The van der Waals surface area contributed by atoms with E-state index in [9.17, 15) is 19.7 Å². The van der Waals surface area contributed by atoms with Crippen molar-refractivity contribution >= 4 is 11.9 Å². The normalized spacial score (nSPS) is 25.5. The average Bonchev–Trinajstić information content (AvgIpc) is 3.18. The summed E-state index contributed by atoms with van der Waals surface area (Å²) in [7, 11) is 0. The summed E-state index contributed by atoms with van der Waals surface area (Å²) >= 11 is 0. The molecule has 1 fully saturated rings. The van der Waals surface area contributed by atoms with Gasteiger partial charge in [0.15, 0.2) is 0 Å². The van der Waals surface area contributed by atoms with Crippen LogP contribution in [0.4, 0.5) is 0 Å². The molecule has 9 heteroatoms. The molecule has 1 saturated heterocycles. The number of hydrogen-bond donors (Lipinski definition) is 3. The average molecular weight is 484 g/mol. The van der Waals surface area contributed by atoms with Crippen LogP contribution in [0.15, 0.2) is 60.7 Å². The molecule has 2 aromatic carbocycles. The quantitative estimate of drug-likeness (QED) is 0.330. The zero-order chi connectivity index (χ0) is 25.6. The second-order valence-corrected chi connectivity index (χ2v) is 9.26. The van der Waals surface area contributed by atoms with E-state index in [1.165, 1.54) is 0 Å². The summed E-state index contributed by atoms with van der Waals surface area (Å²) in [5.74, 6) is -2.77. The third-order valence-corrected chi connectivity index (χ3v) is 6.95. The molecule has 3 rings (SSSR count). The van der Waals surface area contributed by atoms with E-state index < -0.39 is 48.1 Å². The number of carboxylic acid groups (broad SMARTS) is 1. The van der Waals surface area contributed by atoms with Crippen LogP contribution in [0.25, 0.3) is 0 Å². The Morgan fingerprint density at radius 2 is 1.77 bits per heavy atom. The number of hydrogen-bond acceptors (Lipinski definition) is 6. The van der Waals surface area contributed by atoms with Crippen molar-refractivity contribution in [1.29, 1.82) is 0 Å². The van der Waals surface area contributed by atoms with Crippen LogP contribution >= 0.6 is 0 Å². The molecule has 0 radical (unpaired) electrons. The molecular weight excluding hydrogens is 450 g/mol. The van der Waals surface area contributed by atoms with Crippen molar-refractivity contribution in [3.8, 4) is 0 Å². The van der Waals surface area contributed by atoms with Crippen LogP contribution < -0.4 is 10.6 Å². The van der Waals surface area contributed by atoms with Crippen LogP contribution in [0.5, 0.6) is 0 Å². The van der Waals surface area contributed by atoms with Gasteiger partial charge in [-0.25, -0.2) is 0 Å². The van der Waals surface area contributed by atoms with Crippen molar-refractivity contribution in [3.63, 3.8) is 0 Å². The molecule has 0 spiro atoms. The Hall–Kier alpha value is -3.30. The van der Waals surface area contributed by atoms with E-state index >= 15 is 0 Å². The summed E-state index contributed by atoms with van der Waals surface area (Å²) in [6, 6.07) is 16.6. The van der Waals surface area contributed by atoms with Crippen molar-refractivity contribution in [3.05, 3.63) is 81.9 Å². The molecule has 0 aliphatic carbocycles. The summed E-state index contributed by atoms with van der Waals surface area (Å²) in [5.41, 5.74) is 0.152. The van der Waals surface area contributed by atoms with Gasteiger partial charge < -0.3 is 15.2 Å². The lowest BCUT2D eigenvalue weighted by atomic mass is 9.74. The number of nitrogens with zero attached hydrogens (tertiary/aromatic N) is 1. The molecule has 1 heterocycles. The molecule has 0 aromatic heterocycles. The minimum absolute atomic E-state index is 0.103. The summed E-state index contributed by atoms with van der Waals surface area (Å²) in [6.45, 7) is 5.19. The molecule has 4 unspecified atom stereocenters. The van der Waals surface area contributed by atoms with Gasteiger partial charge in [0.2, 0.25) is 11.9 Å². The molecule has 0 saturated carbocycles. The number of aliphatic carboxylic acids is 1. The highest BCUT2D eigenvalue weighted by Crippen LogP contribution is 2.45. The molecule has 0 bridgehead atoms. The zero-order valence-corrected chi connectivity index (χ0v) is 20.2. The van der Waals surface area contributed by atoms with Crippen LogP contribution in [0.2, 0.25) is 0 Å². The Kier molecular flexibility index (Phi) is 8.58. The molecular formula is C26H33N3O6. The molecule has 1 aliphatic rings. The first-order valence-electron chi connectivity index (χ1n) is 11.8. The highest BCUT2D eigenvalue weighted by atomic mass is 16.6. The Bertz CT molecular complexity index is 1020. The van der Waals surface area contributed by atoms with Gasteiger partial charge in [-0.05, 0) is 24.0 Å². The highest BCUT2D eigenvalue weighted by Gasteiger charge is 2.64. The number of carbonyl (C=O) groups excluding carboxylic acids is 1. The maximum absolute atomic E-state index is 13.4. The van der Waals surface area contributed by atoms with Gasteiger partial charge in [-0.1, -0.05) is 80.9 Å². The van der Waals surface area contributed by atoms with Crippen LogP contribution in [-0.4, -0.2) is 46.1 Å². The fourth-order valence-electron chi connectivity index (χ4n) is 4.95. The summed E-state index contributed by atoms with van der Waals surface area (Å²) in [5, 5.41) is 27.3. The van der Waals surface area contributed by atoms with Gasteiger partial charge in [0.05, 0.1) is 18.6 Å². The lowest BCUT2D eigenvalue weighted by Crippen LogP contribution is -2.60. The maximum atomic E-state index is 13.4. The summed E-state index contributed by atoms with van der Waals surface area (Å²) in [4.78, 5) is 36.7. The molecule has 1 aliphatic heterocycles. The van der Waals surface area contributed by atoms with Gasteiger partial charge in [-0.3, -0.25) is 25.0 Å². The smallest absolute Gasteiger partial charge is 0.322 e. The topological polar surface area (TPSA) is 131 Å². The minimum Gasteiger partial charge on any atom is -0.480 e. The van der Waals surface area contributed by atoms with E-state index in [1.807, 2.05) is 50.2 Å². The summed E-state index contributed by atoms with van der Waals surface area (Å²) < 4.78 is 6.36. The third-order valence-electron chi connectivity index (χ3n) is 6.95. The summed E-state index contributed by atoms with van der Waals surface area (Å²) in [6.07, 6.45) is 0.0424. The van der Waals surface area contributed by atoms with Gasteiger partial charge in [0, 0.05) is 4.92 Å². The maximum Gasteiger partial charge on any atom is 0.322 e. The molecule has 6 atom stereocenters. The SMILES string of the molecule is CC[C@H](C)[C@H](OCc1ccccc1)C1C([N+](=O)[O-])C(c2ccccc2)NC1(C)C(=O)NCC(=O)O. The number of carboxylic acids is 1. The molecule has 188 valence electrons. The number of amides is 1. The first-order chi connectivity index (χ1) is 16.7. The standard InChI is InChI=1S/C26H33N3O6/c1-4-17(2)24(35-16-18-11-7-5-8-12-18)21-23(29(33)34)22(19-13-9-6-10-14-19)28-26(21,3)25(32)27-15-20(30)31/h5-14,17,21-24,28H,4,15-16H2,1-3H3,(H,27,32)(H,30,31)/t17-,21?,22?,23?,24-,26?/m0/s1. The number of rotatable bonds is 11. The van der Waals surface area contributed by atoms with E-state index in [4.69, 9.17) is 9.84 Å². The Morgan fingerprint density at radius 3 is 2.31 bits per heavy atom. The molecule has 1 amide bonds. The number of carbonyl (C=O) groups is 2. The van der Waals surface area contributed by atoms with Crippen molar-refractivity contribution in [2.45, 2.75) is 57.5 Å². The number of nitro groups is 1. The highest BCUT2D eigenvalue weighted by molar-refractivity contribution is 5.89. The van der Waals surface area contributed by atoms with E-state index in [0.717, 1.165) is 5.56 Å². The molecule has 3 N–H and O–H groups in total. The monoisotopic (exact) mass is 483 g/mol. The minimum atomic E-state index is -1.45. The largest absolute Gasteiger partial charge is 0.480 e. The number of benzene rings is 2. The zero-order valence-electron chi connectivity index (χ0n) is 20.2. The molecule has 35 heavy (non-hydrogen) atoms. The van der Waals surface area contributed by atoms with Crippen molar-refractivity contribution < 1.29 is 24.4 Å². The third kappa shape index (κ3) is 5.86. The van der Waals surface area contributed by atoms with Crippen molar-refractivity contribution in [2.24, 2.45) is 11.8 Å². The van der Waals surface area contributed by atoms with Gasteiger partial charge in [0.25, 0.3) is 0 Å². The van der Waals surface area contributed by atoms with Crippen LogP contribution in [0, 0.1) is 22.0 Å². The van der Waals surface area contributed by atoms with Crippen LogP contribution in [-0.2, 0) is 20.9 Å². The van der Waals surface area contributed by atoms with Gasteiger partial charge in [-0.15, -0.1) is 0 Å². The Labute approximate surface area is 205 Å². The van der Waals surface area contributed by atoms with E-state index in [-0.39, 0.29) is 17.4 Å². The van der Waals surface area contributed by atoms with Crippen LogP contribution in [0.1, 0.15) is 44.4 Å². The molecule has 2 aromatic rings. The Morgan fingerprint density at radius 1 is 1.17 bits per heavy atom. The fourth-order valence-corrected chi connectivity index (χ4v) is 4.95. The van der Waals surface area contributed by atoms with E-state index in [2.05, 4.69) is 10.6 Å². The van der Waals surface area contributed by atoms with E-state index in [1.54, 1.807) is 31.2 Å². The fraction of sp³-hybridized carbons (Fsp3) is 0.462. The first kappa shape index (κ1) is 26.3. The van der Waals surface area contributed by atoms with Crippen molar-refractivity contribution in [1.82, 2.24) is 10.6 Å². The van der Waals surface area contributed by atoms with E-state index in [0.29, 0.717) is 12.0 Å². The second kappa shape index (κ2) is 11.4. The number of nitrogens with one attached hydrogen (secondary N) is 2. The second-order valence-electron chi connectivity index (χ2n) is 9.26. The number of ether oxygens (including phenoxy) is 1. The van der Waals surface area contributed by atoms with Gasteiger partial charge in [0.1, 0.15) is 18.1 Å². The van der Waals surface area contributed by atoms with Gasteiger partial charge >= 0.3 is 5.97 Å². The predicted molar refractivity (Wildman–Crippen MR) is 130 cm³/mol. The lowest BCUT2D eigenvalue weighted by molar-refractivity contribution is -0.536. The lowest BCUT2D eigenvalue weighted by Gasteiger charge is -2.37. The molecule has 9 nitrogen and oxygen atoms in total. The van der Waals surface area contributed by atoms with Gasteiger partial charge in [-0.2, -0.15) is 0 Å².